The number of benzene rings is 2. The van der Waals surface area contributed by atoms with E-state index in [0.717, 1.165) is 22.6 Å². The van der Waals surface area contributed by atoms with Crippen LogP contribution in [-0.2, 0) is 0 Å². The Morgan fingerprint density at radius 1 is 0.795 bits per heavy atom. The summed E-state index contributed by atoms with van der Waals surface area (Å²) in [5, 5.41) is 0. The zero-order valence-corrected chi connectivity index (χ0v) is 24.4. The standard InChI is InChI=1S/C34H39BN2O2/c1-23(2)32-33-24(3)21-28(15-9-26-11-17-30(38-7)18-12-26)36(33)35(5,6)37-29(22-25(4)34(32)37)16-10-27-13-19-31(39-8)20-14-27/h9-23H,1-8H3/b15-9+,16-10+. The molecule has 0 aliphatic carbocycles. The Morgan fingerprint density at radius 3 is 1.85 bits per heavy atom. The van der Waals surface area contributed by atoms with Crippen molar-refractivity contribution in [2.45, 2.75) is 41.3 Å². The summed E-state index contributed by atoms with van der Waals surface area (Å²) in [7, 11) is 3.40. The van der Waals surface area contributed by atoms with Gasteiger partial charge in [0.05, 0.1) is 14.2 Å². The van der Waals surface area contributed by atoms with Crippen molar-refractivity contribution in [1.82, 2.24) is 4.48 Å². The molecule has 5 heteroatoms. The van der Waals surface area contributed by atoms with E-state index in [0.29, 0.717) is 5.92 Å². The van der Waals surface area contributed by atoms with Crippen LogP contribution in [0.3, 0.4) is 0 Å². The Morgan fingerprint density at radius 2 is 1.33 bits per heavy atom. The van der Waals surface area contributed by atoms with Crippen LogP contribution < -0.4 is 9.47 Å². The summed E-state index contributed by atoms with van der Waals surface area (Å²) in [4.78, 5) is 0. The van der Waals surface area contributed by atoms with Crippen LogP contribution in [0.1, 0.15) is 48.8 Å². The van der Waals surface area contributed by atoms with E-state index in [4.69, 9.17) is 9.47 Å². The van der Waals surface area contributed by atoms with E-state index in [2.05, 4.69) is 111 Å². The summed E-state index contributed by atoms with van der Waals surface area (Å²) in [6, 6.07) is 18.8. The van der Waals surface area contributed by atoms with Crippen molar-refractivity contribution in [1.29, 1.82) is 0 Å². The maximum atomic E-state index is 5.33. The molecule has 2 aliphatic rings. The summed E-state index contributed by atoms with van der Waals surface area (Å²) in [6.07, 6.45) is 10.1. The van der Waals surface area contributed by atoms with E-state index >= 15 is 0 Å². The lowest BCUT2D eigenvalue weighted by Crippen LogP contribution is -2.53. The Bertz CT molecular complexity index is 1560. The average molecular weight is 519 g/mol. The molecule has 0 saturated carbocycles. The smallest absolute Gasteiger partial charge is 0.373 e. The predicted octanol–water partition coefficient (Wildman–Crippen LogP) is 8.04. The van der Waals surface area contributed by atoms with E-state index in [1.807, 2.05) is 24.3 Å². The average Bonchev–Trinajstić information content (AvgIpc) is 3.44. The number of rotatable bonds is 7. The molecule has 0 spiro atoms. The first-order chi connectivity index (χ1) is 18.6. The van der Waals surface area contributed by atoms with Gasteiger partial charge in [-0.1, -0.05) is 44.2 Å². The fourth-order valence-electron chi connectivity index (χ4n) is 6.23. The van der Waals surface area contributed by atoms with Crippen molar-refractivity contribution in [3.63, 3.8) is 0 Å². The highest BCUT2D eigenvalue weighted by Gasteiger charge is 2.46. The first kappa shape index (κ1) is 26.6. The molecule has 0 amide bonds. The molecule has 0 N–H and O–H groups in total. The van der Waals surface area contributed by atoms with Gasteiger partial charge in [-0.15, -0.1) is 13.6 Å². The first-order valence-electron chi connectivity index (χ1n) is 13.9. The lowest BCUT2D eigenvalue weighted by molar-refractivity contribution is -0.334. The Kier molecular flexibility index (Phi) is 7.02. The summed E-state index contributed by atoms with van der Waals surface area (Å²) in [5.74, 6) is 2.12. The van der Waals surface area contributed by atoms with Gasteiger partial charge in [0.1, 0.15) is 11.5 Å². The van der Waals surface area contributed by atoms with Gasteiger partial charge in [0.2, 0.25) is 0 Å². The molecule has 0 fully saturated rings. The van der Waals surface area contributed by atoms with Crippen molar-refractivity contribution in [2.75, 3.05) is 14.2 Å². The number of allylic oxidation sites excluding steroid dienone is 4. The SMILES string of the molecule is COc1ccc(/C=C/C2=[N+]3C(=C(C(C)C)c4c(C)cc(/C=C/c5ccc(OC)cc5)n4[B-]3(C)C)C(C)=C2)cc1. The molecule has 2 aromatic carbocycles. The van der Waals surface area contributed by atoms with Crippen molar-refractivity contribution in [3.8, 4) is 11.5 Å². The zero-order valence-electron chi connectivity index (χ0n) is 24.4. The minimum absolute atomic E-state index is 0.383. The maximum absolute atomic E-state index is 5.33. The van der Waals surface area contributed by atoms with Gasteiger partial charge >= 0.3 is 6.42 Å². The molecule has 3 aromatic rings. The van der Waals surface area contributed by atoms with E-state index in [1.165, 1.54) is 39.5 Å². The molecule has 5 rings (SSSR count). The van der Waals surface area contributed by atoms with Crippen LogP contribution in [-0.4, -0.2) is 35.3 Å². The fourth-order valence-corrected chi connectivity index (χ4v) is 6.23. The van der Waals surface area contributed by atoms with Crippen molar-refractivity contribution in [2.24, 2.45) is 5.92 Å². The lowest BCUT2D eigenvalue weighted by Gasteiger charge is -2.41. The Hall–Kier alpha value is -3.99. The number of aromatic nitrogens is 1. The molecule has 39 heavy (non-hydrogen) atoms. The molecular weight excluding hydrogens is 479 g/mol. The zero-order chi connectivity index (χ0) is 27.9. The number of hydrogen-bond donors (Lipinski definition) is 0. The van der Waals surface area contributed by atoms with Crippen LogP contribution in [0.25, 0.3) is 23.8 Å². The molecule has 0 saturated heterocycles. The quantitative estimate of drug-likeness (QED) is 0.296. The lowest BCUT2D eigenvalue weighted by atomic mass is 9.48. The van der Waals surface area contributed by atoms with Gasteiger partial charge < -0.3 is 18.4 Å². The topological polar surface area (TPSA) is 26.4 Å². The van der Waals surface area contributed by atoms with Gasteiger partial charge in [-0.25, -0.2) is 0 Å². The largest absolute Gasteiger partial charge is 0.497 e. The van der Waals surface area contributed by atoms with Crippen LogP contribution >= 0.6 is 0 Å². The van der Waals surface area contributed by atoms with Gasteiger partial charge in [0.15, 0.2) is 11.4 Å². The second-order valence-electron chi connectivity index (χ2n) is 11.4. The third kappa shape index (κ3) is 4.71. The van der Waals surface area contributed by atoms with E-state index in [1.54, 1.807) is 14.2 Å². The number of ether oxygens (including phenoxy) is 2. The number of aryl methyl sites for hydroxylation is 1. The molecular formula is C34H39BN2O2. The molecule has 0 bridgehead atoms. The van der Waals surface area contributed by atoms with Crippen LogP contribution in [0, 0.1) is 12.8 Å². The highest BCUT2D eigenvalue weighted by atomic mass is 16.5. The van der Waals surface area contributed by atoms with E-state index in [-0.39, 0.29) is 0 Å². The van der Waals surface area contributed by atoms with E-state index < -0.39 is 6.42 Å². The molecule has 0 radical (unpaired) electrons. The molecule has 0 unspecified atom stereocenters. The van der Waals surface area contributed by atoms with Crippen molar-refractivity contribution >= 4 is 35.9 Å². The second kappa shape index (κ2) is 10.3. The van der Waals surface area contributed by atoms with Gasteiger partial charge in [-0.3, -0.25) is 0 Å². The molecule has 4 nitrogen and oxygen atoms in total. The summed E-state index contributed by atoms with van der Waals surface area (Å²) in [6.45, 7) is 13.9. The Balaban J connectivity index is 1.64. The summed E-state index contributed by atoms with van der Waals surface area (Å²) in [5.41, 5.74) is 11.5. The minimum Gasteiger partial charge on any atom is -0.497 e. The third-order valence-corrected chi connectivity index (χ3v) is 7.99. The van der Waals surface area contributed by atoms with Crippen LogP contribution in [0.15, 0.2) is 78.0 Å². The molecule has 3 heterocycles. The normalized spacial score (nSPS) is 16.4. The number of hydrogen-bond acceptors (Lipinski definition) is 2. The maximum Gasteiger partial charge on any atom is 0.373 e. The molecule has 2 aliphatic heterocycles. The summed E-state index contributed by atoms with van der Waals surface area (Å²) < 4.78 is 15.8. The first-order valence-corrected chi connectivity index (χ1v) is 13.9. The van der Waals surface area contributed by atoms with Crippen molar-refractivity contribution in [3.05, 3.63) is 106 Å². The highest BCUT2D eigenvalue weighted by Crippen LogP contribution is 2.44. The van der Waals surface area contributed by atoms with E-state index in [9.17, 15) is 0 Å². The molecule has 1 aromatic heterocycles. The van der Waals surface area contributed by atoms with Gasteiger partial charge in [-0.2, -0.15) is 0 Å². The third-order valence-electron chi connectivity index (χ3n) is 7.99. The van der Waals surface area contributed by atoms with Gasteiger partial charge in [0.25, 0.3) is 0 Å². The fraction of sp³-hybridized carbons (Fsp3) is 0.265. The second-order valence-corrected chi connectivity index (χ2v) is 11.4. The van der Waals surface area contributed by atoms with Gasteiger partial charge in [0, 0.05) is 34.7 Å². The number of methoxy groups -OCH3 is 2. The highest BCUT2D eigenvalue weighted by molar-refractivity contribution is 6.70. The monoisotopic (exact) mass is 518 g/mol. The number of nitrogens with zero attached hydrogens (tertiary/aromatic N) is 2. The van der Waals surface area contributed by atoms with Crippen molar-refractivity contribution < 1.29 is 14.0 Å². The molecule has 200 valence electrons. The predicted molar refractivity (Wildman–Crippen MR) is 167 cm³/mol. The van der Waals surface area contributed by atoms with Gasteiger partial charge in [-0.05, 0) is 78.9 Å². The minimum atomic E-state index is -1.16. The van der Waals surface area contributed by atoms with Crippen LogP contribution in [0.5, 0.6) is 11.5 Å². The van der Waals surface area contributed by atoms with Crippen LogP contribution in [0.4, 0.5) is 0 Å². The molecule has 0 atom stereocenters. The van der Waals surface area contributed by atoms with Crippen LogP contribution in [0.2, 0.25) is 13.6 Å². The summed E-state index contributed by atoms with van der Waals surface area (Å²) >= 11 is 0. The number of fused-ring (bicyclic) bond motifs is 2. The Labute approximate surface area is 233 Å².